The van der Waals surface area contributed by atoms with Crippen LogP contribution in [0, 0.1) is 15.5 Å². The number of non-ortho nitro benzene ring substituents is 1. The number of ether oxygens (including phenoxy) is 1. The summed E-state index contributed by atoms with van der Waals surface area (Å²) in [6.45, 7) is 0.593. The molecule has 1 fully saturated rings. The van der Waals surface area contributed by atoms with Crippen molar-refractivity contribution in [2.45, 2.75) is 12.8 Å². The number of nitro benzene ring substituents is 1. The highest BCUT2D eigenvalue weighted by molar-refractivity contribution is 9.09. The van der Waals surface area contributed by atoms with Gasteiger partial charge in [0, 0.05) is 22.9 Å². The van der Waals surface area contributed by atoms with Gasteiger partial charge in [0.05, 0.1) is 16.6 Å². The summed E-state index contributed by atoms with van der Waals surface area (Å²) < 4.78 is 5.61. The fraction of sp³-hybridized carbons (Fsp3) is 0.455. The van der Waals surface area contributed by atoms with Gasteiger partial charge in [-0.25, -0.2) is 0 Å². The Bertz CT molecular complexity index is 448. The van der Waals surface area contributed by atoms with Crippen LogP contribution >= 0.6 is 27.5 Å². The lowest BCUT2D eigenvalue weighted by molar-refractivity contribution is -0.384. The second kappa shape index (κ2) is 4.82. The molecule has 6 heteroatoms. The van der Waals surface area contributed by atoms with E-state index in [0.29, 0.717) is 12.4 Å². The molecule has 0 spiro atoms. The highest BCUT2D eigenvalue weighted by atomic mass is 79.9. The van der Waals surface area contributed by atoms with E-state index >= 15 is 0 Å². The monoisotopic (exact) mass is 319 g/mol. The highest BCUT2D eigenvalue weighted by Gasteiger charge is 2.42. The summed E-state index contributed by atoms with van der Waals surface area (Å²) in [7, 11) is 0. The zero-order valence-electron chi connectivity index (χ0n) is 8.99. The zero-order valence-corrected chi connectivity index (χ0v) is 11.3. The molecule has 0 aliphatic heterocycles. The molecule has 1 aromatic carbocycles. The molecule has 0 saturated heterocycles. The van der Waals surface area contributed by atoms with Crippen LogP contribution in [0.15, 0.2) is 18.2 Å². The largest absolute Gasteiger partial charge is 0.491 e. The summed E-state index contributed by atoms with van der Waals surface area (Å²) in [6, 6.07) is 4.25. The number of benzene rings is 1. The quantitative estimate of drug-likeness (QED) is 0.471. The second-order valence-electron chi connectivity index (χ2n) is 4.29. The Morgan fingerprint density at radius 3 is 2.71 bits per heavy atom. The first-order valence-corrected chi connectivity index (χ1v) is 6.69. The molecule has 0 amide bonds. The smallest absolute Gasteiger partial charge is 0.271 e. The lowest BCUT2D eigenvalue weighted by atomic mass is 10.2. The molecule has 0 aromatic heterocycles. The molecule has 0 unspecified atom stereocenters. The lowest BCUT2D eigenvalue weighted by Gasteiger charge is -2.13. The lowest BCUT2D eigenvalue weighted by Crippen LogP contribution is -2.14. The summed E-state index contributed by atoms with van der Waals surface area (Å²) in [4.78, 5) is 10.1. The summed E-state index contributed by atoms with van der Waals surface area (Å²) >= 11 is 9.38. The summed E-state index contributed by atoms with van der Waals surface area (Å²) in [5.74, 6) is 0.504. The van der Waals surface area contributed by atoms with Crippen molar-refractivity contribution in [1.29, 1.82) is 0 Å². The van der Waals surface area contributed by atoms with E-state index in [-0.39, 0.29) is 16.1 Å². The van der Waals surface area contributed by atoms with Crippen LogP contribution in [0.2, 0.25) is 5.02 Å². The van der Waals surface area contributed by atoms with E-state index in [2.05, 4.69) is 15.9 Å². The van der Waals surface area contributed by atoms with Crippen LogP contribution in [0.4, 0.5) is 5.69 Å². The van der Waals surface area contributed by atoms with E-state index in [1.807, 2.05) is 0 Å². The van der Waals surface area contributed by atoms with Gasteiger partial charge < -0.3 is 4.74 Å². The van der Waals surface area contributed by atoms with Crippen molar-refractivity contribution in [3.05, 3.63) is 33.3 Å². The van der Waals surface area contributed by atoms with Crippen LogP contribution < -0.4 is 4.74 Å². The van der Waals surface area contributed by atoms with E-state index in [4.69, 9.17) is 16.3 Å². The van der Waals surface area contributed by atoms with Crippen LogP contribution in [-0.4, -0.2) is 16.9 Å². The van der Waals surface area contributed by atoms with E-state index in [1.165, 1.54) is 12.1 Å². The Kier molecular flexibility index (Phi) is 3.58. The van der Waals surface area contributed by atoms with Crippen molar-refractivity contribution in [3.8, 4) is 5.75 Å². The highest BCUT2D eigenvalue weighted by Crippen LogP contribution is 2.47. The van der Waals surface area contributed by atoms with Crippen LogP contribution in [-0.2, 0) is 0 Å². The number of hydrogen-bond acceptors (Lipinski definition) is 3. The fourth-order valence-corrected chi connectivity index (χ4v) is 2.40. The maximum Gasteiger partial charge on any atom is 0.271 e. The SMILES string of the molecule is O=[N+]([O-])c1ccc(OCC2(CBr)CC2)c(Cl)c1. The van der Waals surface area contributed by atoms with Crippen LogP contribution in [0.1, 0.15) is 12.8 Å². The number of rotatable bonds is 5. The van der Waals surface area contributed by atoms with Gasteiger partial charge in [-0.3, -0.25) is 10.1 Å². The minimum Gasteiger partial charge on any atom is -0.491 e. The van der Waals surface area contributed by atoms with E-state index in [1.54, 1.807) is 6.07 Å². The number of hydrogen-bond donors (Lipinski definition) is 0. The summed E-state index contributed by atoms with van der Waals surface area (Å²) in [5, 5.41) is 11.7. The van der Waals surface area contributed by atoms with Gasteiger partial charge >= 0.3 is 0 Å². The predicted octanol–water partition coefficient (Wildman–Crippen LogP) is 3.80. The van der Waals surface area contributed by atoms with E-state index in [0.717, 1.165) is 18.2 Å². The minimum absolute atomic E-state index is 0.0241. The molecule has 0 heterocycles. The molecule has 92 valence electrons. The minimum atomic E-state index is -0.476. The maximum absolute atomic E-state index is 10.5. The molecule has 0 bridgehead atoms. The first-order valence-electron chi connectivity index (χ1n) is 5.19. The van der Waals surface area contributed by atoms with Gasteiger partial charge in [-0.2, -0.15) is 0 Å². The molecular formula is C11H11BrClNO3. The Hall–Kier alpha value is -0.810. The zero-order chi connectivity index (χ0) is 12.5. The van der Waals surface area contributed by atoms with Gasteiger partial charge in [0.25, 0.3) is 5.69 Å². The second-order valence-corrected chi connectivity index (χ2v) is 5.26. The number of halogens is 2. The van der Waals surface area contributed by atoms with Gasteiger partial charge in [0.2, 0.25) is 0 Å². The first-order chi connectivity index (χ1) is 8.06. The van der Waals surface area contributed by atoms with Gasteiger partial charge in [0.15, 0.2) is 0 Å². The number of nitro groups is 1. The molecule has 1 aromatic rings. The third-order valence-corrected chi connectivity index (χ3v) is 4.39. The molecule has 0 radical (unpaired) electrons. The van der Waals surface area contributed by atoms with E-state index < -0.39 is 4.92 Å². The van der Waals surface area contributed by atoms with Gasteiger partial charge in [-0.05, 0) is 18.9 Å². The Labute approximate surface area is 112 Å². The third-order valence-electron chi connectivity index (χ3n) is 2.90. The Morgan fingerprint density at radius 2 is 2.24 bits per heavy atom. The topological polar surface area (TPSA) is 52.4 Å². The van der Waals surface area contributed by atoms with Crippen molar-refractivity contribution < 1.29 is 9.66 Å². The molecule has 0 atom stereocenters. The molecular weight excluding hydrogens is 309 g/mol. The van der Waals surface area contributed by atoms with Crippen molar-refractivity contribution >= 4 is 33.2 Å². The van der Waals surface area contributed by atoms with Crippen molar-refractivity contribution in [1.82, 2.24) is 0 Å². The van der Waals surface area contributed by atoms with Gasteiger partial charge in [-0.1, -0.05) is 27.5 Å². The standard InChI is InChI=1S/C11H11BrClNO3/c12-6-11(3-4-11)7-17-10-2-1-8(14(15)16)5-9(10)13/h1-2,5H,3-4,6-7H2. The van der Waals surface area contributed by atoms with E-state index in [9.17, 15) is 10.1 Å². The van der Waals surface area contributed by atoms with Crippen molar-refractivity contribution in [2.75, 3.05) is 11.9 Å². The fourth-order valence-electron chi connectivity index (χ4n) is 1.44. The molecule has 4 nitrogen and oxygen atoms in total. The molecule has 2 rings (SSSR count). The Morgan fingerprint density at radius 1 is 1.53 bits per heavy atom. The summed E-state index contributed by atoms with van der Waals surface area (Å²) in [6.07, 6.45) is 2.28. The molecule has 1 aliphatic carbocycles. The van der Waals surface area contributed by atoms with Crippen LogP contribution in [0.25, 0.3) is 0 Å². The van der Waals surface area contributed by atoms with Gasteiger partial charge in [0.1, 0.15) is 5.75 Å². The van der Waals surface area contributed by atoms with Gasteiger partial charge in [-0.15, -0.1) is 0 Å². The average Bonchev–Trinajstić information content (AvgIpc) is 3.08. The summed E-state index contributed by atoms with van der Waals surface area (Å²) in [5.41, 5.74) is 0.203. The van der Waals surface area contributed by atoms with Crippen LogP contribution in [0.3, 0.4) is 0 Å². The predicted molar refractivity (Wildman–Crippen MR) is 69.1 cm³/mol. The molecule has 17 heavy (non-hydrogen) atoms. The van der Waals surface area contributed by atoms with Crippen molar-refractivity contribution in [3.63, 3.8) is 0 Å². The van der Waals surface area contributed by atoms with Crippen molar-refractivity contribution in [2.24, 2.45) is 5.41 Å². The molecule has 0 N–H and O–H groups in total. The number of alkyl halides is 1. The van der Waals surface area contributed by atoms with Crippen LogP contribution in [0.5, 0.6) is 5.75 Å². The third kappa shape index (κ3) is 2.90. The number of nitrogens with zero attached hydrogens (tertiary/aromatic N) is 1. The molecule has 1 aliphatic rings. The Balaban J connectivity index is 2.04. The average molecular weight is 321 g/mol. The first kappa shape index (κ1) is 12.6. The molecule has 1 saturated carbocycles. The normalized spacial score (nSPS) is 16.6. The maximum atomic E-state index is 10.5.